The van der Waals surface area contributed by atoms with Crippen molar-refractivity contribution in [2.45, 2.75) is 6.92 Å². The van der Waals surface area contributed by atoms with E-state index in [1.54, 1.807) is 12.1 Å². The van der Waals surface area contributed by atoms with Gasteiger partial charge in [-0.1, -0.05) is 0 Å². The number of aryl methyl sites for hydroxylation is 1. The van der Waals surface area contributed by atoms with Crippen molar-refractivity contribution in [1.29, 1.82) is 0 Å². The summed E-state index contributed by atoms with van der Waals surface area (Å²) in [5.74, 6) is 0. The van der Waals surface area contributed by atoms with Gasteiger partial charge in [-0.2, -0.15) is 0 Å². The minimum atomic E-state index is -0.350. The SMILES string of the molecule is Cc1cc(N)cc2oc(=O)ccc12. The first-order valence-electron chi connectivity index (χ1n) is 3.97. The Morgan fingerprint density at radius 1 is 1.31 bits per heavy atom. The van der Waals surface area contributed by atoms with Gasteiger partial charge >= 0.3 is 5.63 Å². The monoisotopic (exact) mass is 175 g/mol. The fourth-order valence-corrected chi connectivity index (χ4v) is 1.38. The summed E-state index contributed by atoms with van der Waals surface area (Å²) in [5.41, 5.74) is 7.43. The lowest BCUT2D eigenvalue weighted by molar-refractivity contribution is 0.561. The fourth-order valence-electron chi connectivity index (χ4n) is 1.38. The zero-order valence-electron chi connectivity index (χ0n) is 7.20. The van der Waals surface area contributed by atoms with E-state index < -0.39 is 0 Å². The number of hydrogen-bond donors (Lipinski definition) is 1. The van der Waals surface area contributed by atoms with Crippen molar-refractivity contribution in [1.82, 2.24) is 0 Å². The summed E-state index contributed by atoms with van der Waals surface area (Å²) in [6, 6.07) is 6.66. The van der Waals surface area contributed by atoms with Gasteiger partial charge in [-0.15, -0.1) is 0 Å². The van der Waals surface area contributed by atoms with Crippen LogP contribution in [0.3, 0.4) is 0 Å². The molecule has 0 saturated carbocycles. The highest BCUT2D eigenvalue weighted by Gasteiger charge is 2.00. The molecule has 0 amide bonds. The van der Waals surface area contributed by atoms with Crippen molar-refractivity contribution in [3.63, 3.8) is 0 Å². The number of fused-ring (bicyclic) bond motifs is 1. The van der Waals surface area contributed by atoms with Crippen molar-refractivity contribution in [2.75, 3.05) is 5.73 Å². The van der Waals surface area contributed by atoms with Crippen LogP contribution < -0.4 is 11.4 Å². The molecule has 1 aromatic carbocycles. The molecule has 0 bridgehead atoms. The number of anilines is 1. The molecule has 13 heavy (non-hydrogen) atoms. The molecule has 0 atom stereocenters. The summed E-state index contributed by atoms with van der Waals surface area (Å²) < 4.78 is 4.99. The maximum Gasteiger partial charge on any atom is 0.336 e. The Bertz CT molecular complexity index is 514. The minimum Gasteiger partial charge on any atom is -0.423 e. The lowest BCUT2D eigenvalue weighted by Crippen LogP contribution is -1.96. The second kappa shape index (κ2) is 2.62. The summed E-state index contributed by atoms with van der Waals surface area (Å²) in [5, 5.41) is 0.925. The van der Waals surface area contributed by atoms with Gasteiger partial charge in [-0.05, 0) is 24.6 Å². The molecule has 0 aliphatic heterocycles. The molecule has 2 aromatic rings. The highest BCUT2D eigenvalue weighted by molar-refractivity contribution is 5.83. The molecule has 0 saturated heterocycles. The van der Waals surface area contributed by atoms with E-state index in [1.165, 1.54) is 6.07 Å². The van der Waals surface area contributed by atoms with Crippen molar-refractivity contribution < 1.29 is 4.42 Å². The fraction of sp³-hybridized carbons (Fsp3) is 0.100. The summed E-state index contributed by atoms with van der Waals surface area (Å²) in [7, 11) is 0. The summed E-state index contributed by atoms with van der Waals surface area (Å²) >= 11 is 0. The number of hydrogen-bond acceptors (Lipinski definition) is 3. The Morgan fingerprint density at radius 3 is 2.85 bits per heavy atom. The van der Waals surface area contributed by atoms with Crippen molar-refractivity contribution in [3.05, 3.63) is 40.2 Å². The lowest BCUT2D eigenvalue weighted by Gasteiger charge is -2.01. The van der Waals surface area contributed by atoms with Gasteiger partial charge in [-0.25, -0.2) is 4.79 Å². The molecule has 0 radical (unpaired) electrons. The first-order chi connectivity index (χ1) is 6.16. The topological polar surface area (TPSA) is 56.2 Å². The van der Waals surface area contributed by atoms with E-state index in [1.807, 2.05) is 13.0 Å². The molecule has 1 heterocycles. The van der Waals surface area contributed by atoms with Crippen molar-refractivity contribution in [3.8, 4) is 0 Å². The number of benzene rings is 1. The molecule has 66 valence electrons. The molecule has 3 nitrogen and oxygen atoms in total. The van der Waals surface area contributed by atoms with Crippen LogP contribution in [-0.2, 0) is 0 Å². The molecule has 2 rings (SSSR count). The normalized spacial score (nSPS) is 10.5. The number of rotatable bonds is 0. The van der Waals surface area contributed by atoms with Gasteiger partial charge in [0.2, 0.25) is 0 Å². The second-order valence-corrected chi connectivity index (χ2v) is 3.00. The third-order valence-electron chi connectivity index (χ3n) is 1.97. The van der Waals surface area contributed by atoms with Gasteiger partial charge in [0.05, 0.1) is 0 Å². The van der Waals surface area contributed by atoms with Crippen LogP contribution in [0.2, 0.25) is 0 Å². The lowest BCUT2D eigenvalue weighted by atomic mass is 10.1. The molecule has 0 aliphatic rings. The smallest absolute Gasteiger partial charge is 0.336 e. The zero-order valence-corrected chi connectivity index (χ0v) is 7.20. The van der Waals surface area contributed by atoms with E-state index >= 15 is 0 Å². The molecule has 0 fully saturated rings. The van der Waals surface area contributed by atoms with E-state index in [-0.39, 0.29) is 5.63 Å². The van der Waals surface area contributed by atoms with Crippen LogP contribution in [-0.4, -0.2) is 0 Å². The molecule has 3 heteroatoms. The number of nitrogen functional groups attached to an aromatic ring is 1. The maximum absolute atomic E-state index is 10.9. The van der Waals surface area contributed by atoms with E-state index in [9.17, 15) is 4.79 Å². The Kier molecular flexibility index (Phi) is 1.59. The van der Waals surface area contributed by atoms with Crippen molar-refractivity contribution >= 4 is 16.7 Å². The maximum atomic E-state index is 10.9. The average molecular weight is 175 g/mol. The van der Waals surface area contributed by atoms with Crippen LogP contribution in [0.4, 0.5) is 5.69 Å². The third kappa shape index (κ3) is 1.28. The first kappa shape index (κ1) is 7.86. The van der Waals surface area contributed by atoms with E-state index in [0.29, 0.717) is 11.3 Å². The molecule has 2 N–H and O–H groups in total. The van der Waals surface area contributed by atoms with Crippen molar-refractivity contribution in [2.24, 2.45) is 0 Å². The van der Waals surface area contributed by atoms with Gasteiger partial charge in [0, 0.05) is 23.2 Å². The average Bonchev–Trinajstić information content (AvgIpc) is 2.02. The first-order valence-corrected chi connectivity index (χ1v) is 3.97. The Morgan fingerprint density at radius 2 is 2.08 bits per heavy atom. The van der Waals surface area contributed by atoms with Gasteiger partial charge in [-0.3, -0.25) is 0 Å². The predicted octanol–water partition coefficient (Wildman–Crippen LogP) is 1.68. The molecular formula is C10H9NO2. The highest BCUT2D eigenvalue weighted by atomic mass is 16.4. The molecule has 0 spiro atoms. The Hall–Kier alpha value is -1.77. The zero-order chi connectivity index (χ0) is 9.42. The molecule has 1 aromatic heterocycles. The number of nitrogens with two attached hydrogens (primary N) is 1. The third-order valence-corrected chi connectivity index (χ3v) is 1.97. The van der Waals surface area contributed by atoms with Crippen LogP contribution >= 0.6 is 0 Å². The quantitative estimate of drug-likeness (QED) is 0.489. The summed E-state index contributed by atoms with van der Waals surface area (Å²) in [6.07, 6.45) is 0. The minimum absolute atomic E-state index is 0.350. The summed E-state index contributed by atoms with van der Waals surface area (Å²) in [4.78, 5) is 10.9. The van der Waals surface area contributed by atoms with Gasteiger partial charge in [0.1, 0.15) is 5.58 Å². The van der Waals surface area contributed by atoms with E-state index in [2.05, 4.69) is 0 Å². The molecule has 0 unspecified atom stereocenters. The Balaban J connectivity index is 2.94. The van der Waals surface area contributed by atoms with E-state index in [0.717, 1.165) is 10.9 Å². The summed E-state index contributed by atoms with van der Waals surface area (Å²) in [6.45, 7) is 1.93. The second-order valence-electron chi connectivity index (χ2n) is 3.00. The van der Waals surface area contributed by atoms with Crippen LogP contribution in [0.1, 0.15) is 5.56 Å². The van der Waals surface area contributed by atoms with Crippen LogP contribution in [0.15, 0.2) is 33.5 Å². The van der Waals surface area contributed by atoms with Gasteiger partial charge < -0.3 is 10.2 Å². The van der Waals surface area contributed by atoms with E-state index in [4.69, 9.17) is 10.2 Å². The van der Waals surface area contributed by atoms with Crippen LogP contribution in [0, 0.1) is 6.92 Å². The van der Waals surface area contributed by atoms with Gasteiger partial charge in [0.15, 0.2) is 0 Å². The predicted molar refractivity (Wildman–Crippen MR) is 51.6 cm³/mol. The molecule has 0 aliphatic carbocycles. The standard InChI is InChI=1S/C10H9NO2/c1-6-4-7(11)5-9-8(6)2-3-10(12)13-9/h2-5H,11H2,1H3. The van der Waals surface area contributed by atoms with Crippen LogP contribution in [0.5, 0.6) is 0 Å². The van der Waals surface area contributed by atoms with Gasteiger partial charge in [0.25, 0.3) is 0 Å². The largest absolute Gasteiger partial charge is 0.423 e. The van der Waals surface area contributed by atoms with Crippen LogP contribution in [0.25, 0.3) is 11.0 Å². The Labute approximate surface area is 74.8 Å². The molecular weight excluding hydrogens is 166 g/mol. The highest BCUT2D eigenvalue weighted by Crippen LogP contribution is 2.19.